The molecule has 4 N–H and O–H groups in total. The lowest BCUT2D eigenvalue weighted by molar-refractivity contribution is -0.118. The summed E-state index contributed by atoms with van der Waals surface area (Å²) < 4.78 is 10.6. The summed E-state index contributed by atoms with van der Waals surface area (Å²) in [6.07, 6.45) is 0.182. The largest absolute Gasteiger partial charge is 0.497 e. The van der Waals surface area contributed by atoms with Crippen molar-refractivity contribution in [3.8, 4) is 11.5 Å². The molecular formula is C18H21N3O4. The molecule has 0 heterocycles. The van der Waals surface area contributed by atoms with Crippen LogP contribution in [0.5, 0.6) is 11.5 Å². The standard InChI is InChI=1S/C18H21N3O4/c1-24-14-7-8-15(16(11-14)21-17(22)9-10-19)20-18(23)12-25-13-5-3-2-4-6-13/h2-8,11H,9-10,12,19H2,1H3,(H,20,23)(H,21,22). The van der Waals surface area contributed by atoms with Crippen molar-refractivity contribution < 1.29 is 19.1 Å². The Kier molecular flexibility index (Phi) is 6.79. The monoisotopic (exact) mass is 343 g/mol. The summed E-state index contributed by atoms with van der Waals surface area (Å²) in [5, 5.41) is 5.42. The fourth-order valence-electron chi connectivity index (χ4n) is 2.06. The fourth-order valence-corrected chi connectivity index (χ4v) is 2.06. The van der Waals surface area contributed by atoms with Crippen LogP contribution >= 0.6 is 0 Å². The second kappa shape index (κ2) is 9.29. The Labute approximate surface area is 146 Å². The van der Waals surface area contributed by atoms with Crippen LogP contribution in [-0.4, -0.2) is 32.1 Å². The number of nitrogens with one attached hydrogen (secondary N) is 2. The van der Waals surface area contributed by atoms with Crippen molar-refractivity contribution in [3.05, 3.63) is 48.5 Å². The van der Waals surface area contributed by atoms with Gasteiger partial charge in [-0.05, 0) is 24.3 Å². The molecule has 0 aromatic heterocycles. The third-order valence-corrected chi connectivity index (χ3v) is 3.26. The van der Waals surface area contributed by atoms with Gasteiger partial charge in [-0.25, -0.2) is 0 Å². The van der Waals surface area contributed by atoms with Crippen molar-refractivity contribution in [2.24, 2.45) is 5.73 Å². The zero-order valence-corrected chi connectivity index (χ0v) is 14.0. The minimum Gasteiger partial charge on any atom is -0.497 e. The van der Waals surface area contributed by atoms with Gasteiger partial charge in [0.1, 0.15) is 11.5 Å². The fraction of sp³-hybridized carbons (Fsp3) is 0.222. The van der Waals surface area contributed by atoms with Crippen molar-refractivity contribution in [3.63, 3.8) is 0 Å². The Hall–Kier alpha value is -3.06. The molecule has 2 amide bonds. The van der Waals surface area contributed by atoms with E-state index in [0.717, 1.165) is 0 Å². The van der Waals surface area contributed by atoms with Crippen molar-refractivity contribution in [1.82, 2.24) is 0 Å². The topological polar surface area (TPSA) is 103 Å². The predicted molar refractivity (Wildman–Crippen MR) is 95.9 cm³/mol. The number of ether oxygens (including phenoxy) is 2. The molecule has 2 aromatic rings. The maximum Gasteiger partial charge on any atom is 0.262 e. The second-order valence-corrected chi connectivity index (χ2v) is 5.15. The molecule has 0 spiro atoms. The highest BCUT2D eigenvalue weighted by molar-refractivity contribution is 6.00. The molecule has 2 rings (SSSR count). The number of para-hydroxylation sites is 1. The molecule has 7 nitrogen and oxygen atoms in total. The Morgan fingerprint density at radius 1 is 0.960 bits per heavy atom. The number of rotatable bonds is 8. The Bertz CT molecular complexity index is 720. The number of carbonyl (C=O) groups is 2. The van der Waals surface area contributed by atoms with Gasteiger partial charge in [-0.15, -0.1) is 0 Å². The molecule has 0 aliphatic carbocycles. The molecule has 0 aliphatic rings. The van der Waals surface area contributed by atoms with E-state index in [2.05, 4.69) is 10.6 Å². The number of methoxy groups -OCH3 is 1. The lowest BCUT2D eigenvalue weighted by Crippen LogP contribution is -2.22. The number of hydrogen-bond acceptors (Lipinski definition) is 5. The Morgan fingerprint density at radius 2 is 1.68 bits per heavy atom. The van der Waals surface area contributed by atoms with E-state index in [1.54, 1.807) is 30.3 Å². The Balaban J connectivity index is 2.03. The molecule has 0 unspecified atom stereocenters. The number of carbonyl (C=O) groups excluding carboxylic acids is 2. The first-order valence-corrected chi connectivity index (χ1v) is 7.78. The molecule has 2 aromatic carbocycles. The highest BCUT2D eigenvalue weighted by Crippen LogP contribution is 2.27. The third kappa shape index (κ3) is 5.82. The van der Waals surface area contributed by atoms with E-state index in [1.165, 1.54) is 7.11 Å². The van der Waals surface area contributed by atoms with E-state index in [-0.39, 0.29) is 31.4 Å². The molecule has 0 radical (unpaired) electrons. The average Bonchev–Trinajstić information content (AvgIpc) is 2.62. The smallest absolute Gasteiger partial charge is 0.262 e. The lowest BCUT2D eigenvalue weighted by Gasteiger charge is -2.14. The van der Waals surface area contributed by atoms with E-state index in [4.69, 9.17) is 15.2 Å². The first-order valence-electron chi connectivity index (χ1n) is 7.78. The maximum absolute atomic E-state index is 12.1. The van der Waals surface area contributed by atoms with Crippen LogP contribution in [0, 0.1) is 0 Å². The maximum atomic E-state index is 12.1. The first kappa shape index (κ1) is 18.3. The van der Waals surface area contributed by atoms with Crippen LogP contribution < -0.4 is 25.8 Å². The molecule has 25 heavy (non-hydrogen) atoms. The van der Waals surface area contributed by atoms with Crippen LogP contribution in [0.3, 0.4) is 0 Å². The summed E-state index contributed by atoms with van der Waals surface area (Å²) in [5.74, 6) is 0.570. The minimum absolute atomic E-state index is 0.147. The number of hydrogen-bond donors (Lipinski definition) is 3. The van der Waals surface area contributed by atoms with Crippen LogP contribution in [0.2, 0.25) is 0 Å². The summed E-state index contributed by atoms with van der Waals surface area (Å²) >= 11 is 0. The summed E-state index contributed by atoms with van der Waals surface area (Å²) in [5.41, 5.74) is 6.27. The van der Waals surface area contributed by atoms with Crippen molar-refractivity contribution in [2.75, 3.05) is 30.9 Å². The number of amides is 2. The van der Waals surface area contributed by atoms with Gasteiger partial charge in [0.25, 0.3) is 5.91 Å². The Morgan fingerprint density at radius 3 is 2.36 bits per heavy atom. The zero-order valence-electron chi connectivity index (χ0n) is 14.0. The minimum atomic E-state index is -0.344. The third-order valence-electron chi connectivity index (χ3n) is 3.26. The van der Waals surface area contributed by atoms with Gasteiger partial charge in [-0.3, -0.25) is 9.59 Å². The number of anilines is 2. The molecule has 132 valence electrons. The first-order chi connectivity index (χ1) is 12.1. The SMILES string of the molecule is COc1ccc(NC(=O)COc2ccccc2)c(NC(=O)CCN)c1. The van der Waals surface area contributed by atoms with Gasteiger partial charge in [0.2, 0.25) is 5.91 Å². The summed E-state index contributed by atoms with van der Waals surface area (Å²) in [6.45, 7) is 0.0919. The zero-order chi connectivity index (χ0) is 18.1. The van der Waals surface area contributed by atoms with Gasteiger partial charge in [0.05, 0.1) is 18.5 Å². The van der Waals surface area contributed by atoms with Gasteiger partial charge in [0.15, 0.2) is 6.61 Å². The van der Waals surface area contributed by atoms with Gasteiger partial charge < -0.3 is 25.8 Å². The van der Waals surface area contributed by atoms with E-state index < -0.39 is 0 Å². The quantitative estimate of drug-likeness (QED) is 0.680. The van der Waals surface area contributed by atoms with Crippen LogP contribution in [0.1, 0.15) is 6.42 Å². The van der Waals surface area contributed by atoms with Crippen LogP contribution in [-0.2, 0) is 9.59 Å². The van der Waals surface area contributed by atoms with Gasteiger partial charge >= 0.3 is 0 Å². The molecule has 0 saturated heterocycles. The molecular weight excluding hydrogens is 322 g/mol. The van der Waals surface area contributed by atoms with Crippen molar-refractivity contribution in [2.45, 2.75) is 6.42 Å². The molecule has 0 fully saturated rings. The molecule has 7 heteroatoms. The lowest BCUT2D eigenvalue weighted by atomic mass is 10.2. The van der Waals surface area contributed by atoms with Gasteiger partial charge in [-0.2, -0.15) is 0 Å². The predicted octanol–water partition coefficient (Wildman–Crippen LogP) is 2.00. The normalized spacial score (nSPS) is 10.0. The molecule has 0 bridgehead atoms. The number of nitrogens with two attached hydrogens (primary N) is 1. The van der Waals surface area contributed by atoms with Crippen LogP contribution in [0.25, 0.3) is 0 Å². The van der Waals surface area contributed by atoms with Crippen LogP contribution in [0.15, 0.2) is 48.5 Å². The van der Waals surface area contributed by atoms with E-state index in [1.807, 2.05) is 18.2 Å². The van der Waals surface area contributed by atoms with E-state index >= 15 is 0 Å². The summed E-state index contributed by atoms with van der Waals surface area (Å²) in [7, 11) is 1.52. The van der Waals surface area contributed by atoms with Crippen LogP contribution in [0.4, 0.5) is 11.4 Å². The summed E-state index contributed by atoms with van der Waals surface area (Å²) in [6, 6.07) is 14.0. The highest BCUT2D eigenvalue weighted by atomic mass is 16.5. The van der Waals surface area contributed by atoms with Crippen molar-refractivity contribution >= 4 is 23.2 Å². The molecule has 0 aliphatic heterocycles. The molecule has 0 saturated carbocycles. The van der Waals surface area contributed by atoms with Gasteiger partial charge in [-0.1, -0.05) is 18.2 Å². The van der Waals surface area contributed by atoms with Gasteiger partial charge in [0, 0.05) is 19.0 Å². The molecule has 0 atom stereocenters. The van der Waals surface area contributed by atoms with E-state index in [9.17, 15) is 9.59 Å². The second-order valence-electron chi connectivity index (χ2n) is 5.15. The van der Waals surface area contributed by atoms with Crippen molar-refractivity contribution in [1.29, 1.82) is 0 Å². The summed E-state index contributed by atoms with van der Waals surface area (Å²) in [4.78, 5) is 23.9. The van der Waals surface area contributed by atoms with E-state index in [0.29, 0.717) is 22.9 Å². The highest BCUT2D eigenvalue weighted by Gasteiger charge is 2.11. The number of benzene rings is 2. The average molecular weight is 343 g/mol.